The molecule has 8 nitrogen and oxygen atoms in total. The summed E-state index contributed by atoms with van der Waals surface area (Å²) in [4.78, 5) is 14.0. The zero-order chi connectivity index (χ0) is 22.2. The molecule has 0 N–H and O–H groups in total. The molecular weight excluding hydrogens is 441 g/mol. The average molecular weight is 468 g/mol. The quantitative estimate of drug-likeness (QED) is 0.582. The highest BCUT2D eigenvalue weighted by atomic mass is 32.2. The van der Waals surface area contributed by atoms with E-state index in [0.29, 0.717) is 6.04 Å². The lowest BCUT2D eigenvalue weighted by atomic mass is 10.2. The molecule has 0 bridgehead atoms. The van der Waals surface area contributed by atoms with Gasteiger partial charge in [-0.3, -0.25) is 4.79 Å². The maximum atomic E-state index is 14.0. The van der Waals surface area contributed by atoms with Crippen LogP contribution in [0, 0.1) is 5.82 Å². The third-order valence-electron chi connectivity index (χ3n) is 5.49. The Morgan fingerprint density at radius 2 is 1.84 bits per heavy atom. The zero-order valence-electron chi connectivity index (χ0n) is 17.6. The molecule has 2 fully saturated rings. The van der Waals surface area contributed by atoms with Crippen LogP contribution in [0.4, 0.5) is 4.39 Å². The van der Waals surface area contributed by atoms with Crippen LogP contribution < -0.4 is 0 Å². The van der Waals surface area contributed by atoms with E-state index in [0.717, 1.165) is 29.9 Å². The van der Waals surface area contributed by atoms with Gasteiger partial charge in [0, 0.05) is 38.1 Å². The highest BCUT2D eigenvalue weighted by Gasteiger charge is 2.33. The molecule has 1 saturated heterocycles. The van der Waals surface area contributed by atoms with Gasteiger partial charge in [-0.25, -0.2) is 12.8 Å². The van der Waals surface area contributed by atoms with E-state index in [1.54, 1.807) is 4.90 Å². The molecule has 0 atom stereocenters. The van der Waals surface area contributed by atoms with Crippen molar-refractivity contribution < 1.29 is 17.6 Å². The largest absolute Gasteiger partial charge is 0.339 e. The molecule has 31 heavy (non-hydrogen) atoms. The molecule has 2 heterocycles. The number of hydrogen-bond donors (Lipinski definition) is 0. The Hall–Kier alpha value is -1.98. The molecular formula is C20H26FN5O3S2. The molecule has 0 unspecified atom stereocenters. The van der Waals surface area contributed by atoms with Crippen LogP contribution in [-0.2, 0) is 14.8 Å². The zero-order valence-corrected chi connectivity index (χ0v) is 19.2. The predicted molar refractivity (Wildman–Crippen MR) is 115 cm³/mol. The first kappa shape index (κ1) is 22.2. The third-order valence-corrected chi connectivity index (χ3v) is 8.35. The van der Waals surface area contributed by atoms with Crippen LogP contribution in [-0.4, -0.2) is 70.2 Å². The second kappa shape index (κ2) is 8.87. The smallest absolute Gasteiger partial charge is 0.246 e. The normalized spacial score (nSPS) is 18.0. The van der Waals surface area contributed by atoms with Gasteiger partial charge in [-0.15, -0.1) is 10.2 Å². The summed E-state index contributed by atoms with van der Waals surface area (Å²) in [5.41, 5.74) is 0. The van der Waals surface area contributed by atoms with Gasteiger partial charge >= 0.3 is 0 Å². The van der Waals surface area contributed by atoms with Crippen LogP contribution in [0.1, 0.15) is 44.5 Å². The van der Waals surface area contributed by atoms with Gasteiger partial charge in [0.1, 0.15) is 16.5 Å². The van der Waals surface area contributed by atoms with E-state index in [-0.39, 0.29) is 48.7 Å². The van der Waals surface area contributed by atoms with Gasteiger partial charge < -0.3 is 9.47 Å². The Labute approximate surface area is 185 Å². The van der Waals surface area contributed by atoms with Crippen molar-refractivity contribution in [2.75, 3.05) is 31.9 Å². The van der Waals surface area contributed by atoms with E-state index < -0.39 is 15.8 Å². The first-order chi connectivity index (χ1) is 14.8. The molecule has 1 saturated carbocycles. The van der Waals surface area contributed by atoms with E-state index in [4.69, 9.17) is 0 Å². The number of nitrogens with zero attached hydrogens (tertiary/aromatic N) is 5. The minimum absolute atomic E-state index is 0.0654. The summed E-state index contributed by atoms with van der Waals surface area (Å²) in [5, 5.41) is 9.35. The van der Waals surface area contributed by atoms with E-state index in [2.05, 4.69) is 28.6 Å². The Bertz CT molecular complexity index is 1060. The molecule has 4 rings (SSSR count). The Kier molecular flexibility index (Phi) is 6.36. The van der Waals surface area contributed by atoms with Crippen LogP contribution >= 0.6 is 11.8 Å². The fourth-order valence-electron chi connectivity index (χ4n) is 3.64. The lowest BCUT2D eigenvalue weighted by molar-refractivity contribution is -0.129. The number of benzene rings is 1. The summed E-state index contributed by atoms with van der Waals surface area (Å²) in [6.07, 6.45) is 2.22. The number of amides is 1. The summed E-state index contributed by atoms with van der Waals surface area (Å²) in [7, 11) is -3.92. The summed E-state index contributed by atoms with van der Waals surface area (Å²) in [6, 6.07) is 5.78. The van der Waals surface area contributed by atoms with E-state index >= 15 is 0 Å². The SMILES string of the molecule is CC(C)c1nnc(SCC(=O)N2CCN(S(=O)(=O)c3ccccc3F)CC2)n1C1CC1. The van der Waals surface area contributed by atoms with Gasteiger partial charge in [-0.2, -0.15) is 4.31 Å². The third kappa shape index (κ3) is 4.63. The fraction of sp³-hybridized carbons (Fsp3) is 0.550. The lowest BCUT2D eigenvalue weighted by Gasteiger charge is -2.34. The number of aromatic nitrogens is 3. The lowest BCUT2D eigenvalue weighted by Crippen LogP contribution is -2.51. The summed E-state index contributed by atoms with van der Waals surface area (Å²) in [5.74, 6) is 0.609. The van der Waals surface area contributed by atoms with Gasteiger partial charge in [0.2, 0.25) is 15.9 Å². The van der Waals surface area contributed by atoms with Gasteiger partial charge in [-0.05, 0) is 25.0 Å². The molecule has 1 aliphatic heterocycles. The molecule has 0 radical (unpaired) electrons. The summed E-state index contributed by atoms with van der Waals surface area (Å²) >= 11 is 1.38. The number of halogens is 1. The molecule has 1 aromatic carbocycles. The van der Waals surface area contributed by atoms with Gasteiger partial charge in [0.15, 0.2) is 5.16 Å². The number of sulfonamides is 1. The van der Waals surface area contributed by atoms with E-state index in [1.807, 2.05) is 0 Å². The van der Waals surface area contributed by atoms with Crippen molar-refractivity contribution in [3.8, 4) is 0 Å². The molecule has 2 aliphatic rings. The maximum Gasteiger partial charge on any atom is 0.246 e. The fourth-order valence-corrected chi connectivity index (χ4v) is 6.05. The molecule has 0 spiro atoms. The number of piperazine rings is 1. The van der Waals surface area contributed by atoms with Crippen LogP contribution in [0.3, 0.4) is 0 Å². The number of thioether (sulfide) groups is 1. The van der Waals surface area contributed by atoms with Gasteiger partial charge in [-0.1, -0.05) is 37.7 Å². The van der Waals surface area contributed by atoms with Crippen molar-refractivity contribution >= 4 is 27.7 Å². The molecule has 1 aromatic heterocycles. The molecule has 1 aliphatic carbocycles. The highest BCUT2D eigenvalue weighted by molar-refractivity contribution is 7.99. The first-order valence-corrected chi connectivity index (χ1v) is 12.8. The highest BCUT2D eigenvalue weighted by Crippen LogP contribution is 2.40. The Balaban J connectivity index is 1.35. The van der Waals surface area contributed by atoms with Crippen molar-refractivity contribution in [3.63, 3.8) is 0 Å². The maximum absolute atomic E-state index is 14.0. The van der Waals surface area contributed by atoms with Crippen LogP contribution in [0.25, 0.3) is 0 Å². The van der Waals surface area contributed by atoms with Gasteiger partial charge in [0.05, 0.1) is 5.75 Å². The number of hydrogen-bond acceptors (Lipinski definition) is 6. The van der Waals surface area contributed by atoms with Crippen molar-refractivity contribution in [1.29, 1.82) is 0 Å². The monoisotopic (exact) mass is 467 g/mol. The van der Waals surface area contributed by atoms with Crippen LogP contribution in [0.2, 0.25) is 0 Å². The summed E-state index contributed by atoms with van der Waals surface area (Å²) in [6.45, 7) is 5.00. The standard InChI is InChI=1S/C20H26FN5O3S2/c1-14(2)19-22-23-20(26(19)15-7-8-15)30-13-18(27)24-9-11-25(12-10-24)31(28,29)17-6-4-3-5-16(17)21/h3-6,14-15H,7-13H2,1-2H3. The van der Waals surface area contributed by atoms with Crippen LogP contribution in [0.15, 0.2) is 34.3 Å². The second-order valence-electron chi connectivity index (χ2n) is 8.10. The van der Waals surface area contributed by atoms with Crippen molar-refractivity contribution in [3.05, 3.63) is 35.9 Å². The van der Waals surface area contributed by atoms with Crippen LogP contribution in [0.5, 0.6) is 0 Å². The topological polar surface area (TPSA) is 88.4 Å². The van der Waals surface area contributed by atoms with Crippen molar-refractivity contribution in [2.45, 2.75) is 48.7 Å². The van der Waals surface area contributed by atoms with E-state index in [1.165, 1.54) is 34.3 Å². The first-order valence-electron chi connectivity index (χ1n) is 10.4. The molecule has 1 amide bonds. The molecule has 168 valence electrons. The minimum atomic E-state index is -3.92. The predicted octanol–water partition coefficient (Wildman–Crippen LogP) is 2.50. The summed E-state index contributed by atoms with van der Waals surface area (Å²) < 4.78 is 42.8. The second-order valence-corrected chi connectivity index (χ2v) is 10.9. The molecule has 2 aromatic rings. The number of carbonyl (C=O) groups is 1. The Morgan fingerprint density at radius 3 is 2.45 bits per heavy atom. The average Bonchev–Trinajstić information content (AvgIpc) is 3.50. The number of carbonyl (C=O) groups excluding carboxylic acids is 1. The van der Waals surface area contributed by atoms with Crippen molar-refractivity contribution in [1.82, 2.24) is 24.0 Å². The van der Waals surface area contributed by atoms with Gasteiger partial charge in [0.25, 0.3) is 0 Å². The number of rotatable bonds is 7. The van der Waals surface area contributed by atoms with E-state index in [9.17, 15) is 17.6 Å². The Morgan fingerprint density at radius 1 is 1.16 bits per heavy atom. The van der Waals surface area contributed by atoms with Crippen molar-refractivity contribution in [2.24, 2.45) is 0 Å². The minimum Gasteiger partial charge on any atom is -0.339 e. The molecule has 11 heteroatoms.